The fraction of sp³-hybridized carbons (Fsp3) is 0.714. The van der Waals surface area contributed by atoms with Crippen LogP contribution in [0.2, 0.25) is 0 Å². The molecule has 8 heavy (non-hydrogen) atoms. The summed E-state index contributed by atoms with van der Waals surface area (Å²) in [6.07, 6.45) is 5.89. The smallest absolute Gasteiger partial charge is 0.0230 e. The summed E-state index contributed by atoms with van der Waals surface area (Å²) in [5.74, 6) is 0. The molecule has 0 radical (unpaired) electrons. The van der Waals surface area contributed by atoms with Crippen LogP contribution in [0.3, 0.4) is 0 Å². The van der Waals surface area contributed by atoms with Gasteiger partial charge in [-0.25, -0.2) is 0 Å². The monoisotopic (exact) mass is 128 g/mol. The molecule has 0 amide bonds. The second kappa shape index (κ2) is 2.58. The predicted octanol–water partition coefficient (Wildman–Crippen LogP) is 2.46. The first-order valence-electron chi connectivity index (χ1n) is 3.16. The third-order valence-electron chi connectivity index (χ3n) is 1.39. The topological polar surface area (TPSA) is 0 Å². The molecular formula is C7H12S. The van der Waals surface area contributed by atoms with Gasteiger partial charge < -0.3 is 0 Å². The number of hydrogen-bond donors (Lipinski definition) is 0. The Morgan fingerprint density at radius 3 is 2.50 bits per heavy atom. The van der Waals surface area contributed by atoms with E-state index in [1.807, 2.05) is 0 Å². The summed E-state index contributed by atoms with van der Waals surface area (Å²) < 4.78 is 0. The fourth-order valence-corrected chi connectivity index (χ4v) is 1.99. The zero-order chi connectivity index (χ0) is 5.98. The van der Waals surface area contributed by atoms with Crippen LogP contribution < -0.4 is 0 Å². The molecule has 1 aliphatic heterocycles. The van der Waals surface area contributed by atoms with Crippen molar-refractivity contribution in [2.45, 2.75) is 30.8 Å². The summed E-state index contributed by atoms with van der Waals surface area (Å²) in [5, 5.41) is 1.57. The molecule has 0 aromatic heterocycles. The maximum atomic E-state index is 2.31. The van der Waals surface area contributed by atoms with Gasteiger partial charge in [-0.15, -0.1) is 11.8 Å². The van der Waals surface area contributed by atoms with Crippen LogP contribution in [0.15, 0.2) is 12.2 Å². The minimum atomic E-state index is 0.764. The van der Waals surface area contributed by atoms with E-state index in [0.717, 1.165) is 10.5 Å². The lowest BCUT2D eigenvalue weighted by Crippen LogP contribution is -1.92. The average Bonchev–Trinajstić information content (AvgIpc) is 2.14. The van der Waals surface area contributed by atoms with Crippen molar-refractivity contribution < 1.29 is 0 Å². The molecule has 0 aromatic rings. The Kier molecular flexibility index (Phi) is 2.01. The van der Waals surface area contributed by atoms with E-state index in [1.54, 1.807) is 0 Å². The molecular weight excluding hydrogens is 116 g/mol. The van der Waals surface area contributed by atoms with Gasteiger partial charge in [0.05, 0.1) is 0 Å². The highest BCUT2D eigenvalue weighted by atomic mass is 32.2. The molecule has 0 aromatic carbocycles. The van der Waals surface area contributed by atoms with Gasteiger partial charge in [0.2, 0.25) is 0 Å². The van der Waals surface area contributed by atoms with E-state index in [-0.39, 0.29) is 0 Å². The largest absolute Gasteiger partial charge is 0.147 e. The van der Waals surface area contributed by atoms with E-state index < -0.39 is 0 Å². The Hall–Kier alpha value is 0.0900. The first-order chi connectivity index (χ1) is 3.83. The quantitative estimate of drug-likeness (QED) is 0.489. The van der Waals surface area contributed by atoms with Crippen LogP contribution in [0, 0.1) is 0 Å². The normalized spacial score (nSPS) is 36.2. The van der Waals surface area contributed by atoms with Crippen LogP contribution in [0.4, 0.5) is 0 Å². The van der Waals surface area contributed by atoms with E-state index in [4.69, 9.17) is 0 Å². The van der Waals surface area contributed by atoms with Crippen molar-refractivity contribution in [1.82, 2.24) is 0 Å². The second-order valence-electron chi connectivity index (χ2n) is 2.17. The van der Waals surface area contributed by atoms with Crippen molar-refractivity contribution in [2.75, 3.05) is 0 Å². The van der Waals surface area contributed by atoms with E-state index in [0.29, 0.717) is 0 Å². The van der Waals surface area contributed by atoms with Crippen LogP contribution in [0.25, 0.3) is 0 Å². The van der Waals surface area contributed by atoms with Gasteiger partial charge >= 0.3 is 0 Å². The van der Waals surface area contributed by atoms with E-state index in [9.17, 15) is 0 Å². The number of rotatable bonds is 1. The van der Waals surface area contributed by atoms with Crippen molar-refractivity contribution in [1.29, 1.82) is 0 Å². The van der Waals surface area contributed by atoms with Gasteiger partial charge in [-0.3, -0.25) is 0 Å². The molecule has 46 valence electrons. The fourth-order valence-electron chi connectivity index (χ4n) is 0.879. The third kappa shape index (κ3) is 1.28. The molecule has 1 heterocycles. The summed E-state index contributed by atoms with van der Waals surface area (Å²) in [6, 6.07) is 0. The van der Waals surface area contributed by atoms with Gasteiger partial charge in [-0.2, -0.15) is 0 Å². The van der Waals surface area contributed by atoms with Crippen LogP contribution in [0.5, 0.6) is 0 Å². The Morgan fingerprint density at radius 2 is 2.25 bits per heavy atom. The molecule has 0 saturated carbocycles. The molecule has 1 heteroatoms. The number of hydrogen-bond acceptors (Lipinski definition) is 1. The molecule has 1 aliphatic rings. The molecule has 0 aliphatic carbocycles. The lowest BCUT2D eigenvalue weighted by Gasteiger charge is -2.02. The van der Waals surface area contributed by atoms with E-state index in [2.05, 4.69) is 37.8 Å². The number of thioether (sulfide) groups is 1. The molecule has 2 unspecified atom stereocenters. The maximum absolute atomic E-state index is 2.31. The first-order valence-corrected chi connectivity index (χ1v) is 4.11. The summed E-state index contributed by atoms with van der Waals surface area (Å²) in [5.41, 5.74) is 0. The Balaban J connectivity index is 2.34. The lowest BCUT2D eigenvalue weighted by atomic mass is 10.3. The highest BCUT2D eigenvalue weighted by molar-refractivity contribution is 8.01. The molecule has 0 fully saturated rings. The Morgan fingerprint density at radius 1 is 1.50 bits per heavy atom. The Labute approximate surface area is 55.4 Å². The predicted molar refractivity (Wildman–Crippen MR) is 40.3 cm³/mol. The standard InChI is InChI=1S/C7H12S/c1-3-7-5-4-6(2)8-7/h4-7H,3H2,1-2H3. The lowest BCUT2D eigenvalue weighted by molar-refractivity contribution is 0.986. The second-order valence-corrected chi connectivity index (χ2v) is 3.79. The van der Waals surface area contributed by atoms with Gasteiger partial charge in [0.25, 0.3) is 0 Å². The van der Waals surface area contributed by atoms with Gasteiger partial charge in [-0.05, 0) is 13.3 Å². The van der Waals surface area contributed by atoms with Crippen molar-refractivity contribution >= 4 is 11.8 Å². The van der Waals surface area contributed by atoms with Crippen molar-refractivity contribution in [3.05, 3.63) is 12.2 Å². The van der Waals surface area contributed by atoms with Gasteiger partial charge in [0.15, 0.2) is 0 Å². The summed E-state index contributed by atoms with van der Waals surface area (Å²) in [4.78, 5) is 0. The third-order valence-corrected chi connectivity index (χ3v) is 2.82. The highest BCUT2D eigenvalue weighted by Gasteiger charge is 2.12. The van der Waals surface area contributed by atoms with Crippen LogP contribution in [-0.2, 0) is 0 Å². The van der Waals surface area contributed by atoms with Gasteiger partial charge in [0.1, 0.15) is 0 Å². The van der Waals surface area contributed by atoms with E-state index in [1.165, 1.54) is 6.42 Å². The summed E-state index contributed by atoms with van der Waals surface area (Å²) >= 11 is 2.05. The molecule has 0 nitrogen and oxygen atoms in total. The molecule has 0 N–H and O–H groups in total. The maximum Gasteiger partial charge on any atom is 0.0230 e. The minimum Gasteiger partial charge on any atom is -0.147 e. The minimum absolute atomic E-state index is 0.764. The molecule has 2 atom stereocenters. The summed E-state index contributed by atoms with van der Waals surface area (Å²) in [7, 11) is 0. The van der Waals surface area contributed by atoms with Crippen LogP contribution in [0.1, 0.15) is 20.3 Å². The van der Waals surface area contributed by atoms with Crippen molar-refractivity contribution in [2.24, 2.45) is 0 Å². The van der Waals surface area contributed by atoms with Crippen LogP contribution >= 0.6 is 11.8 Å². The van der Waals surface area contributed by atoms with Gasteiger partial charge in [-0.1, -0.05) is 19.1 Å². The zero-order valence-corrected chi connectivity index (χ0v) is 6.24. The Bertz CT molecular complexity index is 96.6. The van der Waals surface area contributed by atoms with Gasteiger partial charge in [0, 0.05) is 10.5 Å². The van der Waals surface area contributed by atoms with E-state index >= 15 is 0 Å². The molecule has 0 saturated heterocycles. The molecule has 0 bridgehead atoms. The first kappa shape index (κ1) is 6.21. The SMILES string of the molecule is CCC1C=CC(C)S1. The summed E-state index contributed by atoms with van der Waals surface area (Å²) in [6.45, 7) is 4.48. The van der Waals surface area contributed by atoms with Crippen LogP contribution in [-0.4, -0.2) is 10.5 Å². The molecule has 1 rings (SSSR count). The van der Waals surface area contributed by atoms with Crippen molar-refractivity contribution in [3.63, 3.8) is 0 Å². The average molecular weight is 128 g/mol. The zero-order valence-electron chi connectivity index (χ0n) is 5.42. The van der Waals surface area contributed by atoms with Crippen molar-refractivity contribution in [3.8, 4) is 0 Å². The highest BCUT2D eigenvalue weighted by Crippen LogP contribution is 2.28. The molecule has 0 spiro atoms.